The van der Waals surface area contributed by atoms with E-state index in [-0.39, 0.29) is 0 Å². The molecule has 1 heterocycles. The van der Waals surface area contributed by atoms with E-state index in [1.165, 1.54) is 25.6 Å². The molecule has 0 radical (unpaired) electrons. The second-order valence-electron chi connectivity index (χ2n) is 3.50. The molecule has 1 aliphatic rings. The smallest absolute Gasteiger partial charge is 0.134 e. The van der Waals surface area contributed by atoms with Crippen molar-refractivity contribution >= 4 is 11.6 Å². The van der Waals surface area contributed by atoms with Crippen molar-refractivity contribution in [3.8, 4) is 0 Å². The lowest BCUT2D eigenvalue weighted by atomic mass is 9.93. The van der Waals surface area contributed by atoms with Crippen LogP contribution in [0.1, 0.15) is 24.8 Å². The molecular formula is C9H14N4. The Morgan fingerprint density at radius 3 is 2.85 bits per heavy atom. The molecule has 1 fully saturated rings. The number of anilines is 2. The van der Waals surface area contributed by atoms with Gasteiger partial charge in [-0.1, -0.05) is 0 Å². The molecule has 0 spiro atoms. The molecule has 0 saturated heterocycles. The molecule has 1 saturated carbocycles. The Bertz CT molecular complexity index is 306. The molecule has 2 rings (SSSR count). The molecule has 0 amide bonds. The normalized spacial score (nSPS) is 16.7. The number of nitrogens with zero attached hydrogens (tertiary/aromatic N) is 2. The largest absolute Gasteiger partial charge is 0.383 e. The van der Waals surface area contributed by atoms with Crippen molar-refractivity contribution in [2.45, 2.75) is 32.2 Å². The number of aromatic nitrogens is 2. The lowest BCUT2D eigenvalue weighted by molar-refractivity contribution is 0.444. The third-order valence-electron chi connectivity index (χ3n) is 2.57. The van der Waals surface area contributed by atoms with Crippen molar-refractivity contribution in [1.82, 2.24) is 9.97 Å². The first-order valence-corrected chi connectivity index (χ1v) is 4.61. The maximum absolute atomic E-state index is 5.66. The number of nitrogen functional groups attached to an aromatic ring is 1. The van der Waals surface area contributed by atoms with Crippen LogP contribution in [0, 0.1) is 6.92 Å². The fourth-order valence-electron chi connectivity index (χ4n) is 1.36. The van der Waals surface area contributed by atoms with Gasteiger partial charge in [0.15, 0.2) is 0 Å². The summed E-state index contributed by atoms with van der Waals surface area (Å²) in [5, 5.41) is 3.36. The van der Waals surface area contributed by atoms with Crippen molar-refractivity contribution in [3.63, 3.8) is 0 Å². The van der Waals surface area contributed by atoms with Crippen molar-refractivity contribution < 1.29 is 0 Å². The van der Waals surface area contributed by atoms with Gasteiger partial charge in [0, 0.05) is 11.6 Å². The Balaban J connectivity index is 2.14. The third kappa shape index (κ3) is 1.56. The summed E-state index contributed by atoms with van der Waals surface area (Å²) in [6.07, 6.45) is 5.30. The predicted molar refractivity (Wildman–Crippen MR) is 52.4 cm³/mol. The first-order chi connectivity index (χ1) is 6.27. The highest BCUT2D eigenvalue weighted by atomic mass is 15.1. The van der Waals surface area contributed by atoms with Crippen LogP contribution in [0.25, 0.3) is 0 Å². The molecule has 0 unspecified atom stereocenters. The summed E-state index contributed by atoms with van der Waals surface area (Å²) in [7, 11) is 0. The van der Waals surface area contributed by atoms with Gasteiger partial charge in [0.1, 0.15) is 18.0 Å². The monoisotopic (exact) mass is 178 g/mol. The van der Waals surface area contributed by atoms with E-state index in [1.807, 2.05) is 6.92 Å². The Morgan fingerprint density at radius 2 is 2.23 bits per heavy atom. The summed E-state index contributed by atoms with van der Waals surface area (Å²) >= 11 is 0. The van der Waals surface area contributed by atoms with Crippen LogP contribution in [0.4, 0.5) is 11.6 Å². The lowest BCUT2D eigenvalue weighted by Gasteiger charge is -2.27. The van der Waals surface area contributed by atoms with Crippen molar-refractivity contribution in [1.29, 1.82) is 0 Å². The zero-order valence-electron chi connectivity index (χ0n) is 7.75. The summed E-state index contributed by atoms with van der Waals surface area (Å²) in [6.45, 7) is 1.94. The number of hydrogen-bond acceptors (Lipinski definition) is 4. The van der Waals surface area contributed by atoms with Crippen molar-refractivity contribution in [3.05, 3.63) is 11.9 Å². The molecule has 0 bridgehead atoms. The Kier molecular flexibility index (Phi) is 2.04. The van der Waals surface area contributed by atoms with Crippen LogP contribution in [0.15, 0.2) is 6.33 Å². The fraction of sp³-hybridized carbons (Fsp3) is 0.556. The van der Waals surface area contributed by atoms with Gasteiger partial charge in [-0.05, 0) is 26.2 Å². The number of nitrogens with one attached hydrogen (secondary N) is 1. The molecule has 1 aromatic rings. The number of nitrogens with two attached hydrogens (primary N) is 1. The van der Waals surface area contributed by atoms with Gasteiger partial charge in [-0.2, -0.15) is 0 Å². The molecule has 70 valence electrons. The Labute approximate surface area is 77.6 Å². The van der Waals surface area contributed by atoms with Gasteiger partial charge in [0.25, 0.3) is 0 Å². The molecule has 0 aliphatic heterocycles. The van der Waals surface area contributed by atoms with Gasteiger partial charge in [-0.25, -0.2) is 9.97 Å². The van der Waals surface area contributed by atoms with E-state index < -0.39 is 0 Å². The first-order valence-electron chi connectivity index (χ1n) is 4.61. The van der Waals surface area contributed by atoms with E-state index >= 15 is 0 Å². The SMILES string of the molecule is Cc1c(N)ncnc1NC1CCC1. The molecule has 3 N–H and O–H groups in total. The quantitative estimate of drug-likeness (QED) is 0.717. The summed E-state index contributed by atoms with van der Waals surface area (Å²) in [5.74, 6) is 1.45. The highest BCUT2D eigenvalue weighted by Gasteiger charge is 2.18. The Hall–Kier alpha value is -1.32. The van der Waals surface area contributed by atoms with Crippen LogP contribution in [-0.4, -0.2) is 16.0 Å². The minimum atomic E-state index is 0.567. The maximum atomic E-state index is 5.66. The van der Waals surface area contributed by atoms with Crippen LogP contribution in [0.5, 0.6) is 0 Å². The minimum absolute atomic E-state index is 0.567. The number of rotatable bonds is 2. The van der Waals surface area contributed by atoms with E-state index in [9.17, 15) is 0 Å². The molecule has 4 heteroatoms. The van der Waals surface area contributed by atoms with E-state index in [2.05, 4.69) is 15.3 Å². The van der Waals surface area contributed by atoms with Crippen LogP contribution < -0.4 is 11.1 Å². The van der Waals surface area contributed by atoms with E-state index in [4.69, 9.17) is 5.73 Å². The Morgan fingerprint density at radius 1 is 1.46 bits per heavy atom. The second kappa shape index (κ2) is 3.20. The third-order valence-corrected chi connectivity index (χ3v) is 2.57. The zero-order valence-corrected chi connectivity index (χ0v) is 7.75. The highest BCUT2D eigenvalue weighted by Crippen LogP contribution is 2.24. The van der Waals surface area contributed by atoms with Crippen LogP contribution in [0.2, 0.25) is 0 Å². The van der Waals surface area contributed by atoms with Gasteiger partial charge in [0.2, 0.25) is 0 Å². The summed E-state index contributed by atoms with van der Waals surface area (Å²) in [4.78, 5) is 8.08. The standard InChI is InChI=1S/C9H14N4/c1-6-8(10)11-5-12-9(6)13-7-3-2-4-7/h5,7H,2-4H2,1H3,(H3,10,11,12,13). The zero-order chi connectivity index (χ0) is 9.26. The summed E-state index contributed by atoms with van der Waals surface area (Å²) < 4.78 is 0. The topological polar surface area (TPSA) is 63.8 Å². The minimum Gasteiger partial charge on any atom is -0.383 e. The van der Waals surface area contributed by atoms with Crippen molar-refractivity contribution in [2.75, 3.05) is 11.1 Å². The average molecular weight is 178 g/mol. The molecular weight excluding hydrogens is 164 g/mol. The maximum Gasteiger partial charge on any atom is 0.134 e. The van der Waals surface area contributed by atoms with E-state index in [1.54, 1.807) is 0 Å². The van der Waals surface area contributed by atoms with Gasteiger partial charge in [-0.3, -0.25) is 0 Å². The summed E-state index contributed by atoms with van der Waals surface area (Å²) in [5.41, 5.74) is 6.62. The molecule has 1 aromatic heterocycles. The van der Waals surface area contributed by atoms with E-state index in [0.717, 1.165) is 11.4 Å². The number of hydrogen-bond donors (Lipinski definition) is 2. The molecule has 13 heavy (non-hydrogen) atoms. The van der Waals surface area contributed by atoms with Crippen LogP contribution >= 0.6 is 0 Å². The average Bonchev–Trinajstić information content (AvgIpc) is 2.04. The van der Waals surface area contributed by atoms with Crippen molar-refractivity contribution in [2.24, 2.45) is 0 Å². The fourth-order valence-corrected chi connectivity index (χ4v) is 1.36. The first kappa shape index (κ1) is 8.29. The lowest BCUT2D eigenvalue weighted by Crippen LogP contribution is -2.28. The highest BCUT2D eigenvalue weighted by molar-refractivity contribution is 5.54. The van der Waals surface area contributed by atoms with Gasteiger partial charge in [-0.15, -0.1) is 0 Å². The van der Waals surface area contributed by atoms with E-state index in [0.29, 0.717) is 11.9 Å². The molecule has 0 atom stereocenters. The molecule has 1 aliphatic carbocycles. The van der Waals surface area contributed by atoms with Crippen LogP contribution in [-0.2, 0) is 0 Å². The van der Waals surface area contributed by atoms with Gasteiger partial charge >= 0.3 is 0 Å². The second-order valence-corrected chi connectivity index (χ2v) is 3.50. The predicted octanol–water partition coefficient (Wildman–Crippen LogP) is 1.33. The van der Waals surface area contributed by atoms with Crippen LogP contribution in [0.3, 0.4) is 0 Å². The van der Waals surface area contributed by atoms with Gasteiger partial charge in [0.05, 0.1) is 0 Å². The summed E-state index contributed by atoms with van der Waals surface area (Å²) in [6, 6.07) is 0.591. The molecule has 4 nitrogen and oxygen atoms in total. The molecule has 0 aromatic carbocycles. The van der Waals surface area contributed by atoms with Gasteiger partial charge < -0.3 is 11.1 Å².